The number of benzene rings is 1. The van der Waals surface area contributed by atoms with Crippen LogP contribution in [0.2, 0.25) is 0 Å². The summed E-state index contributed by atoms with van der Waals surface area (Å²) in [6.45, 7) is 7.70. The van der Waals surface area contributed by atoms with Crippen molar-refractivity contribution in [3.05, 3.63) is 46.8 Å². The maximum Gasteiger partial charge on any atom is 0.257 e. The van der Waals surface area contributed by atoms with E-state index in [-0.39, 0.29) is 5.91 Å². The lowest BCUT2D eigenvalue weighted by molar-refractivity contribution is 0.0791. The molecule has 4 heteroatoms. The third kappa shape index (κ3) is 2.35. The van der Waals surface area contributed by atoms with Crippen LogP contribution < -0.4 is 0 Å². The van der Waals surface area contributed by atoms with Gasteiger partial charge in [-0.05, 0) is 45.2 Å². The van der Waals surface area contributed by atoms with E-state index in [1.807, 2.05) is 41.6 Å². The van der Waals surface area contributed by atoms with E-state index in [1.54, 1.807) is 0 Å². The average Bonchev–Trinajstić information content (AvgIpc) is 3.08. The lowest BCUT2D eigenvalue weighted by atomic mass is 10.1. The second-order valence-corrected chi connectivity index (χ2v) is 5.74. The molecule has 1 aliphatic rings. The summed E-state index contributed by atoms with van der Waals surface area (Å²) < 4.78 is 1.90. The molecule has 0 atom stereocenters. The van der Waals surface area contributed by atoms with Crippen molar-refractivity contribution in [3.8, 4) is 5.69 Å². The highest BCUT2D eigenvalue weighted by Crippen LogP contribution is 2.23. The zero-order valence-corrected chi connectivity index (χ0v) is 12.9. The Balaban J connectivity index is 2.04. The first kappa shape index (κ1) is 13.9. The van der Waals surface area contributed by atoms with Gasteiger partial charge in [-0.15, -0.1) is 0 Å². The molecule has 110 valence electrons. The summed E-state index contributed by atoms with van der Waals surface area (Å²) in [5.74, 6) is 0.127. The van der Waals surface area contributed by atoms with Gasteiger partial charge in [0.2, 0.25) is 0 Å². The first-order valence-corrected chi connectivity index (χ1v) is 7.51. The highest BCUT2D eigenvalue weighted by atomic mass is 16.2. The summed E-state index contributed by atoms with van der Waals surface area (Å²) >= 11 is 0. The molecule has 1 aromatic heterocycles. The number of aromatic nitrogens is 2. The van der Waals surface area contributed by atoms with Gasteiger partial charge in [0.25, 0.3) is 5.91 Å². The van der Waals surface area contributed by atoms with Crippen molar-refractivity contribution in [1.29, 1.82) is 0 Å². The average molecular weight is 283 g/mol. The highest BCUT2D eigenvalue weighted by Gasteiger charge is 2.26. The summed E-state index contributed by atoms with van der Waals surface area (Å²) in [4.78, 5) is 14.6. The number of aryl methyl sites for hydroxylation is 2. The van der Waals surface area contributed by atoms with E-state index in [1.165, 1.54) is 0 Å². The Morgan fingerprint density at radius 3 is 2.43 bits per heavy atom. The Morgan fingerprint density at radius 1 is 1.10 bits per heavy atom. The van der Waals surface area contributed by atoms with Crippen LogP contribution >= 0.6 is 0 Å². The Labute approximate surface area is 125 Å². The van der Waals surface area contributed by atoms with Crippen molar-refractivity contribution in [3.63, 3.8) is 0 Å². The summed E-state index contributed by atoms with van der Waals surface area (Å²) in [5.41, 5.74) is 4.70. The maximum atomic E-state index is 12.7. The maximum absolute atomic E-state index is 12.7. The van der Waals surface area contributed by atoms with Crippen LogP contribution in [0.3, 0.4) is 0 Å². The lowest BCUT2D eigenvalue weighted by Gasteiger charge is -2.15. The Bertz CT molecular complexity index is 681. The van der Waals surface area contributed by atoms with Crippen LogP contribution in [0, 0.1) is 20.8 Å². The summed E-state index contributed by atoms with van der Waals surface area (Å²) in [6.07, 6.45) is 2.21. The van der Waals surface area contributed by atoms with Crippen molar-refractivity contribution < 1.29 is 4.79 Å². The fourth-order valence-electron chi connectivity index (χ4n) is 3.07. The Kier molecular flexibility index (Phi) is 3.53. The van der Waals surface area contributed by atoms with Crippen molar-refractivity contribution in [1.82, 2.24) is 14.7 Å². The number of amides is 1. The number of hydrogen-bond acceptors (Lipinski definition) is 2. The molecule has 3 rings (SSSR count). The fourth-order valence-corrected chi connectivity index (χ4v) is 3.07. The largest absolute Gasteiger partial charge is 0.339 e. The number of likely N-dealkylation sites (tertiary alicyclic amines) is 1. The van der Waals surface area contributed by atoms with E-state index in [2.05, 4.69) is 18.1 Å². The molecule has 0 saturated carbocycles. The van der Waals surface area contributed by atoms with Crippen molar-refractivity contribution >= 4 is 5.91 Å². The minimum Gasteiger partial charge on any atom is -0.339 e. The van der Waals surface area contributed by atoms with Crippen molar-refractivity contribution in [2.75, 3.05) is 13.1 Å². The first-order chi connectivity index (χ1) is 10.1. The van der Waals surface area contributed by atoms with Gasteiger partial charge in [0.15, 0.2) is 0 Å². The first-order valence-electron chi connectivity index (χ1n) is 7.51. The SMILES string of the molecule is Cc1ccccc1-n1nc(C)c(C(=O)N2CCCC2)c1C. The van der Waals surface area contributed by atoms with Crippen LogP contribution in [-0.2, 0) is 0 Å². The van der Waals surface area contributed by atoms with E-state index in [9.17, 15) is 4.79 Å². The van der Waals surface area contributed by atoms with Crippen LogP contribution in [0.25, 0.3) is 5.69 Å². The Morgan fingerprint density at radius 2 is 1.76 bits per heavy atom. The van der Waals surface area contributed by atoms with Crippen molar-refractivity contribution in [2.45, 2.75) is 33.6 Å². The van der Waals surface area contributed by atoms with E-state index in [0.717, 1.165) is 54.1 Å². The summed E-state index contributed by atoms with van der Waals surface area (Å²) in [6, 6.07) is 8.12. The molecular formula is C17H21N3O. The van der Waals surface area contributed by atoms with E-state index < -0.39 is 0 Å². The van der Waals surface area contributed by atoms with Gasteiger partial charge in [-0.2, -0.15) is 5.10 Å². The smallest absolute Gasteiger partial charge is 0.257 e. The molecule has 1 saturated heterocycles. The fraction of sp³-hybridized carbons (Fsp3) is 0.412. The van der Waals surface area contributed by atoms with Crippen LogP contribution in [0.5, 0.6) is 0 Å². The molecule has 1 aromatic carbocycles. The second kappa shape index (κ2) is 5.35. The Hall–Kier alpha value is -2.10. The molecule has 21 heavy (non-hydrogen) atoms. The highest BCUT2D eigenvalue weighted by molar-refractivity contribution is 5.96. The zero-order valence-electron chi connectivity index (χ0n) is 12.9. The van der Waals surface area contributed by atoms with Gasteiger partial charge in [-0.25, -0.2) is 4.68 Å². The van der Waals surface area contributed by atoms with Crippen LogP contribution in [0.1, 0.15) is 40.2 Å². The van der Waals surface area contributed by atoms with Gasteiger partial charge in [-0.3, -0.25) is 4.79 Å². The number of carbonyl (C=O) groups excluding carboxylic acids is 1. The number of hydrogen-bond donors (Lipinski definition) is 0. The summed E-state index contributed by atoms with van der Waals surface area (Å²) in [7, 11) is 0. The van der Waals surface area contributed by atoms with Gasteiger partial charge >= 0.3 is 0 Å². The van der Waals surface area contributed by atoms with Crippen LogP contribution in [0.4, 0.5) is 0 Å². The molecule has 4 nitrogen and oxygen atoms in total. The van der Waals surface area contributed by atoms with Crippen LogP contribution in [-0.4, -0.2) is 33.7 Å². The molecule has 0 spiro atoms. The molecule has 0 unspecified atom stereocenters. The van der Waals surface area contributed by atoms with Crippen LogP contribution in [0.15, 0.2) is 24.3 Å². The van der Waals surface area contributed by atoms with Gasteiger partial charge in [0, 0.05) is 13.1 Å². The standard InChI is InChI=1S/C17H21N3O/c1-12-8-4-5-9-15(12)20-14(3)16(13(2)18-20)17(21)19-10-6-7-11-19/h4-5,8-9H,6-7,10-11H2,1-3H3. The minimum absolute atomic E-state index is 0.127. The lowest BCUT2D eigenvalue weighted by Crippen LogP contribution is -2.28. The molecular weight excluding hydrogens is 262 g/mol. The monoisotopic (exact) mass is 283 g/mol. The molecule has 2 aromatic rings. The minimum atomic E-state index is 0.127. The quantitative estimate of drug-likeness (QED) is 0.849. The topological polar surface area (TPSA) is 38.1 Å². The predicted molar refractivity (Wildman–Crippen MR) is 82.9 cm³/mol. The molecule has 0 aliphatic carbocycles. The van der Waals surface area contributed by atoms with E-state index in [4.69, 9.17) is 0 Å². The third-order valence-electron chi connectivity index (χ3n) is 4.24. The van der Waals surface area contributed by atoms with Gasteiger partial charge < -0.3 is 4.90 Å². The van der Waals surface area contributed by atoms with E-state index >= 15 is 0 Å². The third-order valence-corrected chi connectivity index (χ3v) is 4.24. The zero-order chi connectivity index (χ0) is 15.0. The molecule has 1 amide bonds. The predicted octanol–water partition coefficient (Wildman–Crippen LogP) is 3.03. The summed E-state index contributed by atoms with van der Waals surface area (Å²) in [5, 5.41) is 4.60. The number of rotatable bonds is 2. The van der Waals surface area contributed by atoms with Crippen molar-refractivity contribution in [2.24, 2.45) is 0 Å². The van der Waals surface area contributed by atoms with Gasteiger partial charge in [0.05, 0.1) is 22.6 Å². The molecule has 2 heterocycles. The normalized spacial score (nSPS) is 14.7. The van der Waals surface area contributed by atoms with Gasteiger partial charge in [0.1, 0.15) is 0 Å². The molecule has 1 fully saturated rings. The molecule has 0 radical (unpaired) electrons. The van der Waals surface area contributed by atoms with Gasteiger partial charge in [-0.1, -0.05) is 18.2 Å². The molecule has 1 aliphatic heterocycles. The number of carbonyl (C=O) groups is 1. The molecule has 0 N–H and O–H groups in total. The number of para-hydroxylation sites is 1. The second-order valence-electron chi connectivity index (χ2n) is 5.74. The molecule has 0 bridgehead atoms. The van der Waals surface area contributed by atoms with E-state index in [0.29, 0.717) is 0 Å². The number of nitrogens with zero attached hydrogens (tertiary/aromatic N) is 3.